The Morgan fingerprint density at radius 2 is 2.02 bits per heavy atom. The summed E-state index contributed by atoms with van der Waals surface area (Å²) < 4.78 is 13.2. The largest absolute Gasteiger partial charge is 0.444 e. The lowest BCUT2D eigenvalue weighted by Crippen LogP contribution is -2.55. The van der Waals surface area contributed by atoms with Crippen LogP contribution in [0.15, 0.2) is 46.7 Å². The van der Waals surface area contributed by atoms with Crippen LogP contribution in [0.1, 0.15) is 51.7 Å². The molecule has 2 atom stereocenters. The van der Waals surface area contributed by atoms with E-state index in [1.165, 1.54) is 11.8 Å². The van der Waals surface area contributed by atoms with Crippen LogP contribution in [-0.4, -0.2) is 63.3 Å². The van der Waals surface area contributed by atoms with Gasteiger partial charge in [0, 0.05) is 42.2 Å². The number of nitrogen functional groups attached to an aromatic ring is 1. The van der Waals surface area contributed by atoms with Crippen molar-refractivity contribution in [2.45, 2.75) is 68.2 Å². The predicted molar refractivity (Wildman–Crippen MR) is 164 cm³/mol. The first-order valence-corrected chi connectivity index (χ1v) is 15.1. The minimum Gasteiger partial charge on any atom is -0.444 e. The van der Waals surface area contributed by atoms with Crippen LogP contribution in [0.25, 0.3) is 0 Å². The van der Waals surface area contributed by atoms with Crippen LogP contribution < -0.4 is 16.0 Å². The molecule has 2 fully saturated rings. The van der Waals surface area contributed by atoms with E-state index in [1.54, 1.807) is 17.1 Å². The van der Waals surface area contributed by atoms with E-state index in [9.17, 15) is 4.79 Å². The quantitative estimate of drug-likeness (QED) is 0.398. The summed E-state index contributed by atoms with van der Waals surface area (Å²) in [5, 5.41) is 8.34. The monoisotopic (exact) mass is 609 g/mol. The number of benzene rings is 1. The van der Waals surface area contributed by atoms with Gasteiger partial charge in [-0.3, -0.25) is 4.68 Å². The molecule has 0 radical (unpaired) electrons. The second-order valence-electron chi connectivity index (χ2n) is 11.8. The van der Waals surface area contributed by atoms with Gasteiger partial charge in [-0.05, 0) is 52.7 Å². The van der Waals surface area contributed by atoms with Gasteiger partial charge in [-0.15, -0.1) is 0 Å². The highest BCUT2D eigenvalue weighted by Gasteiger charge is 2.50. The highest BCUT2D eigenvalue weighted by molar-refractivity contribution is 7.99. The van der Waals surface area contributed by atoms with Crippen molar-refractivity contribution in [2.75, 3.05) is 30.3 Å². The molecule has 1 amide bonds. The Bertz CT molecular complexity index is 1520. The van der Waals surface area contributed by atoms with Gasteiger partial charge in [0.1, 0.15) is 16.4 Å². The van der Waals surface area contributed by atoms with E-state index >= 15 is 0 Å². The standard InChI is InChI=1S/C30H36ClN7O3S/c1-19-25(36-28(39)41-29(2,3)4)30(18-40-19)11-13-38(14-12-30)23-16-33-27(26(32)35-23)42-22-8-6-7-21(24(22)31)10-9-20-15-34-37(5)17-20/h6-8,15-17,19,25H,11-14,18H2,1-5H3,(H2,32,35)(H,36,39)/t19-,25+/m0/s1. The van der Waals surface area contributed by atoms with Crippen LogP contribution in [0, 0.1) is 17.3 Å². The number of anilines is 2. The van der Waals surface area contributed by atoms with Crippen molar-refractivity contribution < 1.29 is 14.3 Å². The van der Waals surface area contributed by atoms with Crippen molar-refractivity contribution in [1.29, 1.82) is 0 Å². The summed E-state index contributed by atoms with van der Waals surface area (Å²) in [5.41, 5.74) is 7.17. The summed E-state index contributed by atoms with van der Waals surface area (Å²) in [7, 11) is 1.85. The number of alkyl carbamates (subject to hydrolysis) is 1. The van der Waals surface area contributed by atoms with Gasteiger partial charge >= 0.3 is 6.09 Å². The van der Waals surface area contributed by atoms with Crippen LogP contribution in [-0.2, 0) is 16.5 Å². The van der Waals surface area contributed by atoms with Crippen LogP contribution in [0.3, 0.4) is 0 Å². The van der Waals surface area contributed by atoms with Crippen molar-refractivity contribution in [1.82, 2.24) is 25.1 Å². The summed E-state index contributed by atoms with van der Waals surface area (Å²) >= 11 is 8.05. The molecule has 12 heteroatoms. The number of piperidine rings is 1. The predicted octanol–water partition coefficient (Wildman–Crippen LogP) is 4.90. The van der Waals surface area contributed by atoms with E-state index in [1.807, 2.05) is 59.1 Å². The summed E-state index contributed by atoms with van der Waals surface area (Å²) in [6.07, 6.45) is 6.46. The number of carbonyl (C=O) groups is 1. The zero-order valence-corrected chi connectivity index (χ0v) is 26.1. The number of nitrogens with zero attached hydrogens (tertiary/aromatic N) is 5. The zero-order valence-electron chi connectivity index (χ0n) is 24.5. The number of rotatable bonds is 4. The van der Waals surface area contributed by atoms with E-state index in [2.05, 4.69) is 37.1 Å². The minimum atomic E-state index is -0.561. The number of nitrogens with one attached hydrogen (secondary N) is 1. The van der Waals surface area contributed by atoms with E-state index in [4.69, 9.17) is 26.8 Å². The van der Waals surface area contributed by atoms with Gasteiger partial charge in [0.05, 0.1) is 41.7 Å². The van der Waals surface area contributed by atoms with Crippen LogP contribution in [0.2, 0.25) is 5.02 Å². The van der Waals surface area contributed by atoms with Gasteiger partial charge in [0.15, 0.2) is 5.82 Å². The Labute approximate surface area is 255 Å². The van der Waals surface area contributed by atoms with Gasteiger partial charge in [0.2, 0.25) is 0 Å². The molecular weight excluding hydrogens is 574 g/mol. The van der Waals surface area contributed by atoms with E-state index < -0.39 is 11.7 Å². The Balaban J connectivity index is 1.24. The second-order valence-corrected chi connectivity index (χ2v) is 13.2. The van der Waals surface area contributed by atoms with E-state index in [0.717, 1.165) is 42.2 Å². The molecule has 10 nitrogen and oxygen atoms in total. The Morgan fingerprint density at radius 3 is 2.69 bits per heavy atom. The summed E-state index contributed by atoms with van der Waals surface area (Å²) in [6.45, 7) is 9.66. The molecule has 3 aromatic rings. The molecule has 2 aromatic heterocycles. The van der Waals surface area contributed by atoms with Gasteiger partial charge < -0.3 is 25.4 Å². The molecule has 2 saturated heterocycles. The molecule has 1 aromatic carbocycles. The number of aryl methyl sites for hydroxylation is 1. The first-order chi connectivity index (χ1) is 19.9. The molecule has 0 bridgehead atoms. The first-order valence-electron chi connectivity index (χ1n) is 13.9. The zero-order chi connectivity index (χ0) is 30.1. The smallest absolute Gasteiger partial charge is 0.407 e. The van der Waals surface area contributed by atoms with Crippen LogP contribution in [0.5, 0.6) is 0 Å². The van der Waals surface area contributed by atoms with Crippen molar-refractivity contribution in [2.24, 2.45) is 12.5 Å². The van der Waals surface area contributed by atoms with Crippen molar-refractivity contribution >= 4 is 41.1 Å². The van der Waals surface area contributed by atoms with Crippen LogP contribution in [0.4, 0.5) is 16.4 Å². The number of nitrogens with two attached hydrogens (primary N) is 1. The maximum atomic E-state index is 12.6. The van der Waals surface area contributed by atoms with Crippen molar-refractivity contribution in [3.63, 3.8) is 0 Å². The molecule has 2 aliphatic rings. The van der Waals surface area contributed by atoms with Crippen molar-refractivity contribution in [3.8, 4) is 11.8 Å². The number of halogens is 1. The third-order valence-electron chi connectivity index (χ3n) is 7.49. The fraction of sp³-hybridized carbons (Fsp3) is 0.467. The number of ether oxygens (including phenoxy) is 2. The van der Waals surface area contributed by atoms with E-state index in [0.29, 0.717) is 28.0 Å². The number of aromatic nitrogens is 4. The number of hydrogen-bond acceptors (Lipinski definition) is 9. The molecule has 0 aliphatic carbocycles. The minimum absolute atomic E-state index is 0.0949. The topological polar surface area (TPSA) is 120 Å². The lowest BCUT2D eigenvalue weighted by atomic mass is 9.73. The first kappa shape index (κ1) is 30.0. The number of hydrogen-bond donors (Lipinski definition) is 2. The SMILES string of the molecule is C[C@@H]1OCC2(CCN(c3cnc(Sc4cccc(C#Cc5cnn(C)c5)c4Cl)c(N)n3)CC2)[C@@H]1NC(=O)OC(C)(C)C. The molecule has 42 heavy (non-hydrogen) atoms. The van der Waals surface area contributed by atoms with Gasteiger partial charge in [-0.2, -0.15) is 5.10 Å². The van der Waals surface area contributed by atoms with Crippen LogP contribution >= 0.6 is 23.4 Å². The molecule has 4 heterocycles. The van der Waals surface area contributed by atoms with Gasteiger partial charge in [-0.25, -0.2) is 14.8 Å². The summed E-state index contributed by atoms with van der Waals surface area (Å²) in [6, 6.07) is 5.56. The average Bonchev–Trinajstić information content (AvgIpc) is 3.48. The summed E-state index contributed by atoms with van der Waals surface area (Å²) in [5.74, 6) is 7.27. The van der Waals surface area contributed by atoms with E-state index in [-0.39, 0.29) is 17.6 Å². The number of carbonyl (C=O) groups excluding carboxylic acids is 1. The fourth-order valence-electron chi connectivity index (χ4n) is 5.35. The maximum absolute atomic E-state index is 12.6. The highest BCUT2D eigenvalue weighted by atomic mass is 35.5. The number of amides is 1. The Morgan fingerprint density at radius 1 is 1.26 bits per heavy atom. The molecule has 2 aliphatic heterocycles. The molecule has 3 N–H and O–H groups in total. The average molecular weight is 610 g/mol. The highest BCUT2D eigenvalue weighted by Crippen LogP contribution is 2.43. The third kappa shape index (κ3) is 6.77. The Kier molecular flexibility index (Phi) is 8.60. The molecule has 0 saturated carbocycles. The second kappa shape index (κ2) is 12.0. The van der Waals surface area contributed by atoms with Gasteiger partial charge in [-0.1, -0.05) is 41.3 Å². The molecule has 222 valence electrons. The van der Waals surface area contributed by atoms with Gasteiger partial charge in [0.25, 0.3) is 0 Å². The molecule has 1 spiro atoms. The molecule has 5 rings (SSSR count). The lowest BCUT2D eigenvalue weighted by molar-refractivity contribution is 0.0434. The lowest BCUT2D eigenvalue weighted by Gasteiger charge is -2.43. The Hall–Kier alpha value is -3.46. The molecular formula is C30H36ClN7O3S. The van der Waals surface area contributed by atoms with Crippen molar-refractivity contribution in [3.05, 3.63) is 52.9 Å². The fourth-order valence-corrected chi connectivity index (χ4v) is 6.45. The summed E-state index contributed by atoms with van der Waals surface area (Å²) in [4.78, 5) is 24.8. The third-order valence-corrected chi connectivity index (χ3v) is 9.07. The normalized spacial score (nSPS) is 19.8. The molecule has 0 unspecified atom stereocenters. The maximum Gasteiger partial charge on any atom is 0.407 e.